The van der Waals surface area contributed by atoms with Gasteiger partial charge in [-0.2, -0.15) is 0 Å². The molecule has 5 nitrogen and oxygen atoms in total. The minimum Gasteiger partial charge on any atom is -0.377 e. The molecule has 7 heteroatoms. The summed E-state index contributed by atoms with van der Waals surface area (Å²) in [5, 5.41) is 0.463. The molecule has 0 saturated carbocycles. The van der Waals surface area contributed by atoms with Gasteiger partial charge < -0.3 is 10.5 Å². The second-order valence-electron chi connectivity index (χ2n) is 4.27. The van der Waals surface area contributed by atoms with Crippen LogP contribution >= 0.6 is 11.6 Å². The number of benzene rings is 1. The summed E-state index contributed by atoms with van der Waals surface area (Å²) in [6.07, 6.45) is 0.0730. The Morgan fingerprint density at radius 2 is 2.11 bits per heavy atom. The van der Waals surface area contributed by atoms with E-state index in [-0.39, 0.29) is 24.1 Å². The minimum atomic E-state index is -3.55. The van der Waals surface area contributed by atoms with Crippen LogP contribution in [0.2, 0.25) is 5.02 Å². The molecular weight excluding hydrogens is 288 g/mol. The highest BCUT2D eigenvalue weighted by molar-refractivity contribution is 7.89. The fourth-order valence-electron chi connectivity index (χ4n) is 1.43. The van der Waals surface area contributed by atoms with Crippen molar-refractivity contribution in [2.24, 2.45) is 5.73 Å². The molecule has 1 rings (SSSR count). The Morgan fingerprint density at radius 1 is 1.42 bits per heavy atom. The van der Waals surface area contributed by atoms with Crippen molar-refractivity contribution in [1.29, 1.82) is 0 Å². The maximum absolute atomic E-state index is 12.0. The van der Waals surface area contributed by atoms with Crippen LogP contribution in [-0.4, -0.2) is 27.7 Å². The predicted octanol–water partition coefficient (Wildman–Crippen LogP) is 1.50. The summed E-state index contributed by atoms with van der Waals surface area (Å²) in [5.74, 6) is 0. The van der Waals surface area contributed by atoms with E-state index in [0.717, 1.165) is 0 Å². The van der Waals surface area contributed by atoms with Crippen LogP contribution in [-0.2, 0) is 21.3 Å². The first kappa shape index (κ1) is 16.4. The van der Waals surface area contributed by atoms with E-state index < -0.39 is 10.0 Å². The summed E-state index contributed by atoms with van der Waals surface area (Å²) >= 11 is 5.89. The topological polar surface area (TPSA) is 81.4 Å². The molecule has 1 aromatic rings. The molecule has 0 amide bonds. The number of hydrogen-bond donors (Lipinski definition) is 2. The number of hydrogen-bond acceptors (Lipinski definition) is 4. The highest BCUT2D eigenvalue weighted by atomic mass is 35.5. The van der Waals surface area contributed by atoms with Gasteiger partial charge in [-0.3, -0.25) is 0 Å². The van der Waals surface area contributed by atoms with Gasteiger partial charge in [-0.15, -0.1) is 0 Å². The van der Waals surface area contributed by atoms with E-state index in [4.69, 9.17) is 22.1 Å². The van der Waals surface area contributed by atoms with Crippen LogP contribution in [0.15, 0.2) is 23.1 Å². The smallest absolute Gasteiger partial charge is 0.240 e. The first-order valence-corrected chi connectivity index (χ1v) is 7.82. The van der Waals surface area contributed by atoms with Crippen molar-refractivity contribution >= 4 is 21.6 Å². The lowest BCUT2D eigenvalue weighted by atomic mass is 10.2. The van der Waals surface area contributed by atoms with Gasteiger partial charge >= 0.3 is 0 Å². The zero-order valence-electron chi connectivity index (χ0n) is 11.0. The molecule has 108 valence electrons. The maximum Gasteiger partial charge on any atom is 0.240 e. The van der Waals surface area contributed by atoms with Crippen LogP contribution < -0.4 is 10.5 Å². The number of rotatable bonds is 7. The van der Waals surface area contributed by atoms with Gasteiger partial charge in [-0.1, -0.05) is 11.6 Å². The largest absolute Gasteiger partial charge is 0.377 e. The predicted molar refractivity (Wildman–Crippen MR) is 75.6 cm³/mol. The molecule has 0 aliphatic rings. The van der Waals surface area contributed by atoms with E-state index in [1.807, 2.05) is 13.8 Å². The number of nitrogens with one attached hydrogen (secondary N) is 1. The van der Waals surface area contributed by atoms with Gasteiger partial charge in [0.15, 0.2) is 0 Å². The summed E-state index contributed by atoms with van der Waals surface area (Å²) in [6.45, 7) is 4.52. The summed E-state index contributed by atoms with van der Waals surface area (Å²) in [4.78, 5) is 0.155. The zero-order chi connectivity index (χ0) is 14.5. The van der Waals surface area contributed by atoms with E-state index >= 15 is 0 Å². The highest BCUT2D eigenvalue weighted by Gasteiger charge is 2.14. The van der Waals surface area contributed by atoms with Gasteiger partial charge in [-0.25, -0.2) is 13.1 Å². The fourth-order valence-corrected chi connectivity index (χ4v) is 2.69. The van der Waals surface area contributed by atoms with Crippen LogP contribution in [0.5, 0.6) is 0 Å². The van der Waals surface area contributed by atoms with E-state index in [1.165, 1.54) is 18.2 Å². The Bertz CT molecular complexity index is 518. The molecule has 1 aromatic carbocycles. The lowest BCUT2D eigenvalue weighted by Crippen LogP contribution is -2.28. The summed E-state index contributed by atoms with van der Waals surface area (Å²) in [5.41, 5.74) is 6.10. The van der Waals surface area contributed by atoms with E-state index in [1.54, 1.807) is 0 Å². The second-order valence-corrected chi connectivity index (χ2v) is 6.45. The van der Waals surface area contributed by atoms with Crippen molar-refractivity contribution in [3.05, 3.63) is 28.8 Å². The van der Waals surface area contributed by atoms with Gasteiger partial charge in [0.1, 0.15) is 0 Å². The highest BCUT2D eigenvalue weighted by Crippen LogP contribution is 2.19. The van der Waals surface area contributed by atoms with Crippen molar-refractivity contribution < 1.29 is 13.2 Å². The maximum atomic E-state index is 12.0. The first-order valence-electron chi connectivity index (χ1n) is 5.96. The molecule has 0 radical (unpaired) electrons. The lowest BCUT2D eigenvalue weighted by Gasteiger charge is -2.10. The third-order valence-electron chi connectivity index (χ3n) is 2.39. The average molecular weight is 307 g/mol. The molecule has 0 saturated heterocycles. The quantitative estimate of drug-likeness (QED) is 0.748. The molecule has 0 aliphatic heterocycles. The van der Waals surface area contributed by atoms with Gasteiger partial charge in [0.25, 0.3) is 0 Å². The molecular formula is C12H19ClN2O3S. The number of nitrogens with two attached hydrogens (primary N) is 1. The SMILES string of the molecule is CC(C)OCCNS(=O)(=O)c1ccc(Cl)c(CN)c1. The van der Waals surface area contributed by atoms with Crippen LogP contribution in [0.25, 0.3) is 0 Å². The molecule has 0 spiro atoms. The molecule has 3 N–H and O–H groups in total. The lowest BCUT2D eigenvalue weighted by molar-refractivity contribution is 0.0834. The van der Waals surface area contributed by atoms with Crippen LogP contribution in [0.4, 0.5) is 0 Å². The van der Waals surface area contributed by atoms with E-state index in [0.29, 0.717) is 17.2 Å². The van der Waals surface area contributed by atoms with Gasteiger partial charge in [-0.05, 0) is 37.6 Å². The van der Waals surface area contributed by atoms with Gasteiger partial charge in [0.2, 0.25) is 10.0 Å². The standard InChI is InChI=1S/C12H19ClN2O3S/c1-9(2)18-6-5-15-19(16,17)11-3-4-12(13)10(7-11)8-14/h3-4,7,9,15H,5-6,8,14H2,1-2H3. The van der Waals surface area contributed by atoms with Crippen molar-refractivity contribution in [2.45, 2.75) is 31.4 Å². The number of halogens is 1. The summed E-state index contributed by atoms with van der Waals surface area (Å²) in [7, 11) is -3.55. The molecule has 0 aromatic heterocycles. The first-order chi connectivity index (χ1) is 8.86. The fraction of sp³-hybridized carbons (Fsp3) is 0.500. The third-order valence-corrected chi connectivity index (χ3v) is 4.22. The summed E-state index contributed by atoms with van der Waals surface area (Å²) in [6, 6.07) is 4.46. The zero-order valence-corrected chi connectivity index (χ0v) is 12.6. The van der Waals surface area contributed by atoms with Crippen molar-refractivity contribution in [3.8, 4) is 0 Å². The Morgan fingerprint density at radius 3 is 2.68 bits per heavy atom. The van der Waals surface area contributed by atoms with Gasteiger partial charge in [0, 0.05) is 18.1 Å². The molecule has 0 heterocycles. The molecule has 0 fully saturated rings. The van der Waals surface area contributed by atoms with Crippen LogP contribution in [0.1, 0.15) is 19.4 Å². The second kappa shape index (κ2) is 7.21. The Labute approximate surface area is 119 Å². The molecule has 0 unspecified atom stereocenters. The van der Waals surface area contributed by atoms with E-state index in [9.17, 15) is 8.42 Å². The average Bonchev–Trinajstić information content (AvgIpc) is 2.35. The Hall–Kier alpha value is -0.660. The molecule has 0 bridgehead atoms. The Balaban J connectivity index is 2.72. The van der Waals surface area contributed by atoms with Crippen molar-refractivity contribution in [2.75, 3.05) is 13.2 Å². The molecule has 0 aliphatic carbocycles. The third kappa shape index (κ3) is 5.08. The molecule has 0 atom stereocenters. The van der Waals surface area contributed by atoms with Gasteiger partial charge in [0.05, 0.1) is 17.6 Å². The van der Waals surface area contributed by atoms with E-state index in [2.05, 4.69) is 4.72 Å². The Kier molecular flexibility index (Phi) is 6.22. The van der Waals surface area contributed by atoms with Crippen molar-refractivity contribution in [3.63, 3.8) is 0 Å². The van der Waals surface area contributed by atoms with Crippen LogP contribution in [0, 0.1) is 0 Å². The normalized spacial score (nSPS) is 12.1. The molecule has 19 heavy (non-hydrogen) atoms. The van der Waals surface area contributed by atoms with Crippen LogP contribution in [0.3, 0.4) is 0 Å². The number of ether oxygens (including phenoxy) is 1. The summed E-state index contributed by atoms with van der Waals surface area (Å²) < 4.78 is 31.7. The number of sulfonamides is 1. The minimum absolute atomic E-state index is 0.0730. The monoisotopic (exact) mass is 306 g/mol. The van der Waals surface area contributed by atoms with Crippen molar-refractivity contribution in [1.82, 2.24) is 4.72 Å².